The quantitative estimate of drug-likeness (QED) is 0.737. The van der Waals surface area contributed by atoms with Crippen LogP contribution in [0.3, 0.4) is 0 Å². The number of fused-ring (bicyclic) bond motifs is 1. The normalized spacial score (nSPS) is 16.2. The molecule has 1 heterocycles. The lowest BCUT2D eigenvalue weighted by Gasteiger charge is -2.34. The van der Waals surface area contributed by atoms with E-state index in [0.29, 0.717) is 47.3 Å². The lowest BCUT2D eigenvalue weighted by Crippen LogP contribution is -2.47. The predicted octanol–water partition coefficient (Wildman–Crippen LogP) is 3.74. The molecule has 0 spiro atoms. The number of ether oxygens (including phenoxy) is 2. The molecule has 0 saturated heterocycles. The van der Waals surface area contributed by atoms with Crippen LogP contribution >= 0.6 is 11.6 Å². The number of halogens is 1. The van der Waals surface area contributed by atoms with E-state index in [2.05, 4.69) is 0 Å². The van der Waals surface area contributed by atoms with Crippen LogP contribution in [0.15, 0.2) is 42.5 Å². The van der Waals surface area contributed by atoms with Crippen molar-refractivity contribution in [2.75, 3.05) is 18.1 Å². The largest absolute Gasteiger partial charge is 0.492 e. The summed E-state index contributed by atoms with van der Waals surface area (Å²) in [6.07, 6.45) is 0.798. The zero-order valence-corrected chi connectivity index (χ0v) is 14.5. The van der Waals surface area contributed by atoms with Crippen LogP contribution in [0.5, 0.6) is 11.5 Å². The first-order valence-corrected chi connectivity index (χ1v) is 8.45. The molecule has 1 aliphatic rings. The SMILES string of the molecule is CCC1Oc2ccc(C=O)cc2N(CCOc2ccc(Cl)cc2)C1=O. The number of carbonyl (C=O) groups excluding carboxylic acids is 2. The van der Waals surface area contributed by atoms with Gasteiger partial charge in [0, 0.05) is 10.6 Å². The Bertz CT molecular complexity index is 775. The van der Waals surface area contributed by atoms with Crippen molar-refractivity contribution in [3.63, 3.8) is 0 Å². The van der Waals surface area contributed by atoms with Crippen molar-refractivity contribution in [1.29, 1.82) is 0 Å². The molecule has 130 valence electrons. The molecule has 0 radical (unpaired) electrons. The van der Waals surface area contributed by atoms with E-state index in [9.17, 15) is 9.59 Å². The van der Waals surface area contributed by atoms with E-state index < -0.39 is 6.10 Å². The van der Waals surface area contributed by atoms with Gasteiger partial charge in [-0.25, -0.2) is 0 Å². The second-order valence-electron chi connectivity index (χ2n) is 5.65. The molecule has 1 aliphatic heterocycles. The summed E-state index contributed by atoms with van der Waals surface area (Å²) in [5.74, 6) is 1.15. The molecule has 1 unspecified atom stereocenters. The van der Waals surface area contributed by atoms with Crippen molar-refractivity contribution in [2.45, 2.75) is 19.4 Å². The Morgan fingerprint density at radius 3 is 2.68 bits per heavy atom. The zero-order chi connectivity index (χ0) is 17.8. The first-order chi connectivity index (χ1) is 12.1. The maximum absolute atomic E-state index is 12.6. The van der Waals surface area contributed by atoms with Gasteiger partial charge in [0.25, 0.3) is 5.91 Å². The molecular weight excluding hydrogens is 342 g/mol. The summed E-state index contributed by atoms with van der Waals surface area (Å²) in [6.45, 7) is 2.57. The second kappa shape index (κ2) is 7.57. The number of aldehydes is 1. The fourth-order valence-electron chi connectivity index (χ4n) is 2.69. The van der Waals surface area contributed by atoms with Gasteiger partial charge in [-0.05, 0) is 48.9 Å². The van der Waals surface area contributed by atoms with Crippen molar-refractivity contribution < 1.29 is 19.1 Å². The highest BCUT2D eigenvalue weighted by molar-refractivity contribution is 6.30. The number of benzene rings is 2. The zero-order valence-electron chi connectivity index (χ0n) is 13.8. The molecule has 0 saturated carbocycles. The third kappa shape index (κ3) is 3.77. The minimum absolute atomic E-state index is 0.127. The van der Waals surface area contributed by atoms with Crippen molar-refractivity contribution in [3.05, 3.63) is 53.1 Å². The van der Waals surface area contributed by atoms with E-state index >= 15 is 0 Å². The van der Waals surface area contributed by atoms with Gasteiger partial charge in [-0.3, -0.25) is 9.59 Å². The minimum Gasteiger partial charge on any atom is -0.492 e. The Balaban J connectivity index is 1.77. The topological polar surface area (TPSA) is 55.8 Å². The molecule has 6 heteroatoms. The first kappa shape index (κ1) is 17.3. The van der Waals surface area contributed by atoms with Crippen molar-refractivity contribution in [1.82, 2.24) is 0 Å². The summed E-state index contributed by atoms with van der Waals surface area (Å²) in [6, 6.07) is 12.1. The summed E-state index contributed by atoms with van der Waals surface area (Å²) >= 11 is 5.85. The van der Waals surface area contributed by atoms with Crippen molar-refractivity contribution in [3.8, 4) is 11.5 Å². The summed E-state index contributed by atoms with van der Waals surface area (Å²) in [7, 11) is 0. The van der Waals surface area contributed by atoms with Crippen LogP contribution < -0.4 is 14.4 Å². The Morgan fingerprint density at radius 1 is 1.24 bits per heavy atom. The highest BCUT2D eigenvalue weighted by Crippen LogP contribution is 2.35. The fourth-order valence-corrected chi connectivity index (χ4v) is 2.81. The molecule has 0 aliphatic carbocycles. The van der Waals surface area contributed by atoms with Crippen LogP contribution in [0.4, 0.5) is 5.69 Å². The number of hydrogen-bond acceptors (Lipinski definition) is 4. The molecule has 1 atom stereocenters. The van der Waals surface area contributed by atoms with E-state index in [-0.39, 0.29) is 5.91 Å². The highest BCUT2D eigenvalue weighted by atomic mass is 35.5. The number of anilines is 1. The molecule has 2 aromatic rings. The molecule has 5 nitrogen and oxygen atoms in total. The Labute approximate surface area is 151 Å². The number of rotatable bonds is 6. The maximum Gasteiger partial charge on any atom is 0.268 e. The number of carbonyl (C=O) groups is 2. The first-order valence-electron chi connectivity index (χ1n) is 8.08. The fraction of sp³-hybridized carbons (Fsp3) is 0.263. The van der Waals surface area contributed by atoms with Crippen LogP contribution in [0.2, 0.25) is 5.02 Å². The molecule has 2 aromatic carbocycles. The van der Waals surface area contributed by atoms with E-state index in [1.54, 1.807) is 47.4 Å². The van der Waals surface area contributed by atoms with E-state index in [4.69, 9.17) is 21.1 Å². The van der Waals surface area contributed by atoms with E-state index in [0.717, 1.165) is 6.29 Å². The van der Waals surface area contributed by atoms with Crippen LogP contribution in [-0.2, 0) is 4.79 Å². The molecule has 0 fully saturated rings. The Kier molecular flexibility index (Phi) is 5.24. The third-order valence-electron chi connectivity index (χ3n) is 3.99. The smallest absolute Gasteiger partial charge is 0.268 e. The monoisotopic (exact) mass is 359 g/mol. The number of nitrogens with zero attached hydrogens (tertiary/aromatic N) is 1. The van der Waals surface area contributed by atoms with Crippen molar-refractivity contribution >= 4 is 29.5 Å². The van der Waals surface area contributed by atoms with E-state index in [1.807, 2.05) is 6.92 Å². The molecule has 0 aromatic heterocycles. The molecule has 0 bridgehead atoms. The highest BCUT2D eigenvalue weighted by Gasteiger charge is 2.33. The van der Waals surface area contributed by atoms with Gasteiger partial charge in [0.1, 0.15) is 24.4 Å². The van der Waals surface area contributed by atoms with Gasteiger partial charge in [0.05, 0.1) is 12.2 Å². The van der Waals surface area contributed by atoms with Crippen LogP contribution in [-0.4, -0.2) is 31.4 Å². The maximum atomic E-state index is 12.6. The lowest BCUT2D eigenvalue weighted by molar-refractivity contribution is -0.126. The van der Waals surface area contributed by atoms with Gasteiger partial charge in [-0.1, -0.05) is 18.5 Å². The number of amides is 1. The third-order valence-corrected chi connectivity index (χ3v) is 4.24. The molecule has 3 rings (SSSR count). The molecular formula is C19H18ClNO4. The molecule has 1 amide bonds. The van der Waals surface area contributed by atoms with Crippen molar-refractivity contribution in [2.24, 2.45) is 0 Å². The van der Waals surface area contributed by atoms with Gasteiger partial charge in [0.15, 0.2) is 6.10 Å². The molecule has 0 N–H and O–H groups in total. The van der Waals surface area contributed by atoms with Gasteiger partial charge in [-0.15, -0.1) is 0 Å². The summed E-state index contributed by atoms with van der Waals surface area (Å²) in [5, 5.41) is 0.636. The average Bonchev–Trinajstić information content (AvgIpc) is 2.64. The van der Waals surface area contributed by atoms with Gasteiger partial charge in [-0.2, -0.15) is 0 Å². The van der Waals surface area contributed by atoms with Gasteiger partial charge < -0.3 is 14.4 Å². The standard InChI is InChI=1S/C19H18ClNO4/c1-2-17-19(23)21(9-10-24-15-6-4-14(20)5-7-15)16-11-13(12-22)3-8-18(16)25-17/h3-8,11-12,17H,2,9-10H2,1H3. The van der Waals surface area contributed by atoms with Crippen LogP contribution in [0, 0.1) is 0 Å². The predicted molar refractivity (Wildman–Crippen MR) is 95.8 cm³/mol. The minimum atomic E-state index is -0.523. The summed E-state index contributed by atoms with van der Waals surface area (Å²) in [5.41, 5.74) is 1.09. The second-order valence-corrected chi connectivity index (χ2v) is 6.09. The summed E-state index contributed by atoms with van der Waals surface area (Å²) in [4.78, 5) is 25.3. The molecule has 25 heavy (non-hydrogen) atoms. The van der Waals surface area contributed by atoms with Gasteiger partial charge in [0.2, 0.25) is 0 Å². The average molecular weight is 360 g/mol. The lowest BCUT2D eigenvalue weighted by atomic mass is 10.1. The number of hydrogen-bond donors (Lipinski definition) is 0. The summed E-state index contributed by atoms with van der Waals surface area (Å²) < 4.78 is 11.4. The Hall–Kier alpha value is -2.53. The van der Waals surface area contributed by atoms with E-state index in [1.165, 1.54) is 0 Å². The van der Waals surface area contributed by atoms with Crippen LogP contribution in [0.1, 0.15) is 23.7 Å². The Morgan fingerprint density at radius 2 is 2.00 bits per heavy atom. The van der Waals surface area contributed by atoms with Crippen LogP contribution in [0.25, 0.3) is 0 Å². The van der Waals surface area contributed by atoms with Gasteiger partial charge >= 0.3 is 0 Å².